The maximum absolute atomic E-state index is 9.87. The number of ether oxygens (including phenoxy) is 3. The summed E-state index contributed by atoms with van der Waals surface area (Å²) in [4.78, 5) is 17.4. The first-order chi connectivity index (χ1) is 25.3. The molecule has 6 atom stereocenters. The second kappa shape index (κ2) is 17.9. The van der Waals surface area contributed by atoms with E-state index in [4.69, 9.17) is 24.2 Å². The van der Waals surface area contributed by atoms with E-state index in [9.17, 15) is 10.2 Å². The summed E-state index contributed by atoms with van der Waals surface area (Å²) in [5.74, 6) is 1.82. The predicted octanol–water partition coefficient (Wildman–Crippen LogP) is 6.58. The lowest BCUT2D eigenvalue weighted by Gasteiger charge is -2.58. The highest BCUT2D eigenvalue weighted by Gasteiger charge is 2.64. The summed E-state index contributed by atoms with van der Waals surface area (Å²) in [6.45, 7) is 14.7. The Morgan fingerprint density at radius 3 is 2.63 bits per heavy atom. The van der Waals surface area contributed by atoms with E-state index < -0.39 is 11.4 Å². The van der Waals surface area contributed by atoms with Crippen LogP contribution >= 0.6 is 11.8 Å². The molecule has 1 saturated carbocycles. The van der Waals surface area contributed by atoms with Gasteiger partial charge in [-0.15, -0.1) is 6.58 Å². The molecule has 0 amide bonds. The van der Waals surface area contributed by atoms with Crippen LogP contribution in [0.4, 0.5) is 0 Å². The number of rotatable bonds is 20. The number of benzene rings is 1. The van der Waals surface area contributed by atoms with Crippen molar-refractivity contribution in [2.45, 2.75) is 94.7 Å². The number of aromatic nitrogens is 2. The molecule has 2 N–H and O–H groups in total. The first kappa shape index (κ1) is 38.8. The van der Waals surface area contributed by atoms with Crippen LogP contribution in [0.3, 0.4) is 0 Å². The van der Waals surface area contributed by atoms with Crippen LogP contribution in [0.1, 0.15) is 82.9 Å². The average Bonchev–Trinajstić information content (AvgIpc) is 3.96. The third-order valence-electron chi connectivity index (χ3n) is 10.6. The van der Waals surface area contributed by atoms with Crippen molar-refractivity contribution in [3.8, 4) is 11.5 Å². The van der Waals surface area contributed by atoms with Gasteiger partial charge in [0.05, 0.1) is 29.2 Å². The number of hydrogen-bond donors (Lipinski definition) is 2. The van der Waals surface area contributed by atoms with Gasteiger partial charge in [0.15, 0.2) is 0 Å². The number of aryl methyl sites for hydroxylation is 1. The molecule has 1 saturated heterocycles. The molecule has 0 unspecified atom stereocenters. The Hall–Kier alpha value is -2.96. The fourth-order valence-electron chi connectivity index (χ4n) is 8.11. The summed E-state index contributed by atoms with van der Waals surface area (Å²) in [5, 5.41) is 24.5. The highest BCUT2D eigenvalue weighted by molar-refractivity contribution is 8.00. The van der Waals surface area contributed by atoms with E-state index in [1.807, 2.05) is 50.9 Å². The molecule has 1 aromatic carbocycles. The molecule has 11 heteroatoms. The normalized spacial score (nSPS) is 27.3. The Balaban J connectivity index is 1.48. The molecule has 10 nitrogen and oxygen atoms in total. The third-order valence-corrected chi connectivity index (χ3v) is 11.9. The van der Waals surface area contributed by atoms with Crippen molar-refractivity contribution in [1.82, 2.24) is 14.9 Å². The van der Waals surface area contributed by atoms with E-state index >= 15 is 0 Å². The monoisotopic (exact) mass is 734 g/mol. The van der Waals surface area contributed by atoms with Crippen LogP contribution in [-0.4, -0.2) is 99.2 Å². The lowest BCUT2D eigenvalue weighted by atomic mass is 9.56. The molecular weight excluding hydrogens is 677 g/mol. The summed E-state index contributed by atoms with van der Waals surface area (Å²) in [6, 6.07) is 6.32. The largest absolute Gasteiger partial charge is 0.492 e. The van der Waals surface area contributed by atoms with Gasteiger partial charge < -0.3 is 29.3 Å². The minimum Gasteiger partial charge on any atom is -0.492 e. The third kappa shape index (κ3) is 9.39. The van der Waals surface area contributed by atoms with Gasteiger partial charge in [-0.3, -0.25) is 14.9 Å². The van der Waals surface area contributed by atoms with Crippen LogP contribution in [0.25, 0.3) is 0 Å². The SMILES string of the molecule is C=CCO[C@@]12Oc3ccc(OCCN4CC4)cc3[C@H]3[C@H](CCCCO)[C@@H](CCCCO)C=C(C(=NOC(C)(C)C)C[C@@H]1SCCc1cnccn1)[C@H]32. The van der Waals surface area contributed by atoms with E-state index in [1.165, 1.54) is 0 Å². The van der Waals surface area contributed by atoms with Gasteiger partial charge in [0, 0.05) is 75.8 Å². The Kier molecular flexibility index (Phi) is 13.3. The molecule has 0 bridgehead atoms. The molecule has 284 valence electrons. The standard InChI is InChI=1S/C41H58N4O6S/c1-5-22-49-41-37(52-24-14-30-28-42-15-16-43-30)27-35(44-51-40(2,3)4)33-25-29(10-6-8-20-46)32(11-7-9-21-47)38(39(33)41)34-26-31(12-13-36(34)50-41)48-23-19-45-17-18-45/h5,12-13,15-16,25-26,28-29,32,37-39,46-47H,1,6-11,14,17-24,27H2,2-4H3/t29-,32+,37-,38+,39+,41+/m0/s1. The zero-order chi connectivity index (χ0) is 36.6. The molecule has 2 aliphatic heterocycles. The van der Waals surface area contributed by atoms with Crippen LogP contribution in [-0.2, 0) is 16.0 Å². The van der Waals surface area contributed by atoms with E-state index in [2.05, 4.69) is 39.7 Å². The van der Waals surface area contributed by atoms with Crippen molar-refractivity contribution in [2.75, 3.05) is 51.8 Å². The summed E-state index contributed by atoms with van der Waals surface area (Å²) in [5.41, 5.74) is 3.70. The first-order valence-electron chi connectivity index (χ1n) is 19.2. The molecule has 2 aliphatic carbocycles. The van der Waals surface area contributed by atoms with Gasteiger partial charge in [-0.05, 0) is 87.8 Å². The smallest absolute Gasteiger partial charge is 0.230 e. The first-order valence-corrected chi connectivity index (χ1v) is 20.3. The van der Waals surface area contributed by atoms with E-state index in [-0.39, 0.29) is 42.1 Å². The molecule has 2 aromatic rings. The Bertz CT molecular complexity index is 1530. The fraction of sp³-hybridized carbons (Fsp3) is 0.634. The number of fused-ring (bicyclic) bond motifs is 2. The van der Waals surface area contributed by atoms with Gasteiger partial charge in [0.25, 0.3) is 0 Å². The van der Waals surface area contributed by atoms with Gasteiger partial charge in [0.2, 0.25) is 5.79 Å². The average molecular weight is 735 g/mol. The topological polar surface area (TPSA) is 119 Å². The molecule has 0 spiro atoms. The van der Waals surface area contributed by atoms with E-state index in [0.717, 1.165) is 104 Å². The van der Waals surface area contributed by atoms with Gasteiger partial charge in [0.1, 0.15) is 23.7 Å². The molecule has 1 aromatic heterocycles. The van der Waals surface area contributed by atoms with Gasteiger partial charge in [-0.25, -0.2) is 0 Å². The molecule has 3 heterocycles. The summed E-state index contributed by atoms with van der Waals surface area (Å²) in [7, 11) is 0. The van der Waals surface area contributed by atoms with Gasteiger partial charge in [-0.2, -0.15) is 11.8 Å². The quantitative estimate of drug-likeness (QED) is 0.0669. The van der Waals surface area contributed by atoms with Crippen molar-refractivity contribution in [2.24, 2.45) is 22.9 Å². The number of hydrogen-bond acceptors (Lipinski definition) is 11. The van der Waals surface area contributed by atoms with Crippen molar-refractivity contribution in [3.63, 3.8) is 0 Å². The molecule has 4 aliphatic rings. The number of aliphatic hydroxyl groups is 2. The van der Waals surface area contributed by atoms with Crippen molar-refractivity contribution < 1.29 is 29.3 Å². The number of thioether (sulfide) groups is 1. The van der Waals surface area contributed by atoms with E-state index in [0.29, 0.717) is 19.6 Å². The molecule has 0 radical (unpaired) electrons. The highest BCUT2D eigenvalue weighted by atomic mass is 32.2. The molecular formula is C41H58N4O6S. The van der Waals surface area contributed by atoms with Crippen LogP contribution < -0.4 is 9.47 Å². The molecule has 2 fully saturated rings. The zero-order valence-corrected chi connectivity index (χ0v) is 32.1. The lowest BCUT2D eigenvalue weighted by molar-refractivity contribution is -0.223. The fourth-order valence-corrected chi connectivity index (χ4v) is 9.49. The van der Waals surface area contributed by atoms with Crippen LogP contribution in [0, 0.1) is 17.8 Å². The number of unbranched alkanes of at least 4 members (excludes halogenated alkanes) is 2. The molecule has 6 rings (SSSR count). The van der Waals surface area contributed by atoms with Crippen molar-refractivity contribution >= 4 is 17.5 Å². The Morgan fingerprint density at radius 2 is 1.92 bits per heavy atom. The number of aliphatic hydroxyl groups excluding tert-OH is 2. The van der Waals surface area contributed by atoms with Crippen LogP contribution in [0.15, 0.2) is 66.2 Å². The van der Waals surface area contributed by atoms with Crippen molar-refractivity contribution in [1.29, 1.82) is 0 Å². The van der Waals surface area contributed by atoms with E-state index in [1.54, 1.807) is 12.4 Å². The van der Waals surface area contributed by atoms with Crippen molar-refractivity contribution in [3.05, 3.63) is 72.4 Å². The maximum Gasteiger partial charge on any atom is 0.230 e. The van der Waals surface area contributed by atoms with Gasteiger partial charge in [-0.1, -0.05) is 30.1 Å². The predicted molar refractivity (Wildman–Crippen MR) is 206 cm³/mol. The number of oxime groups is 1. The number of allylic oxidation sites excluding steroid dienone is 1. The number of nitrogens with zero attached hydrogens (tertiary/aromatic N) is 4. The zero-order valence-electron chi connectivity index (χ0n) is 31.3. The highest BCUT2D eigenvalue weighted by Crippen LogP contribution is 2.62. The Morgan fingerprint density at radius 1 is 1.12 bits per heavy atom. The lowest BCUT2D eigenvalue weighted by Crippen LogP contribution is -2.64. The van der Waals surface area contributed by atoms with Crippen LogP contribution in [0.5, 0.6) is 11.5 Å². The second-order valence-electron chi connectivity index (χ2n) is 15.5. The van der Waals surface area contributed by atoms with Gasteiger partial charge >= 0.3 is 0 Å². The second-order valence-corrected chi connectivity index (χ2v) is 16.8. The minimum atomic E-state index is -1.00. The summed E-state index contributed by atoms with van der Waals surface area (Å²) < 4.78 is 20.7. The Labute approximate surface area is 314 Å². The maximum atomic E-state index is 9.87. The van der Waals surface area contributed by atoms with Crippen LogP contribution in [0.2, 0.25) is 0 Å². The minimum absolute atomic E-state index is 0.0327. The summed E-state index contributed by atoms with van der Waals surface area (Å²) in [6.07, 6.45) is 16.1. The summed E-state index contributed by atoms with van der Waals surface area (Å²) >= 11 is 1.83. The molecule has 52 heavy (non-hydrogen) atoms.